The number of hydrogen-bond donors (Lipinski definition) is 2. The normalized spacial score (nSPS) is 17.7. The van der Waals surface area contributed by atoms with Crippen molar-refractivity contribution in [3.8, 4) is 0 Å². The fourth-order valence-corrected chi connectivity index (χ4v) is 5.16. The number of nitrogens with one attached hydrogen (secondary N) is 2. The highest BCUT2D eigenvalue weighted by molar-refractivity contribution is 7.15. The first kappa shape index (κ1) is 17.6. The van der Waals surface area contributed by atoms with Crippen LogP contribution in [0.15, 0.2) is 30.6 Å². The molecule has 0 radical (unpaired) electrons. The van der Waals surface area contributed by atoms with Gasteiger partial charge in [-0.2, -0.15) is 0 Å². The molecule has 0 bridgehead atoms. The number of aromatic nitrogens is 3. The van der Waals surface area contributed by atoms with Crippen molar-refractivity contribution in [2.45, 2.75) is 51.2 Å². The molecule has 8 heteroatoms. The number of urea groups is 1. The lowest BCUT2D eigenvalue weighted by molar-refractivity contribution is 0.244. The van der Waals surface area contributed by atoms with E-state index in [1.54, 1.807) is 11.3 Å². The van der Waals surface area contributed by atoms with Gasteiger partial charge in [-0.05, 0) is 25.0 Å². The molecule has 5 rings (SSSR count). The molecule has 4 heterocycles. The lowest BCUT2D eigenvalue weighted by Crippen LogP contribution is -2.36. The van der Waals surface area contributed by atoms with Crippen molar-refractivity contribution in [3.63, 3.8) is 0 Å². The predicted molar refractivity (Wildman–Crippen MR) is 110 cm³/mol. The second-order valence-electron chi connectivity index (χ2n) is 7.63. The fraction of sp³-hybridized carbons (Fsp3) is 0.450. The average Bonchev–Trinajstić information content (AvgIpc) is 3.40. The van der Waals surface area contributed by atoms with Crippen LogP contribution in [0, 0.1) is 0 Å². The van der Waals surface area contributed by atoms with Crippen molar-refractivity contribution < 1.29 is 4.79 Å². The van der Waals surface area contributed by atoms with Crippen LogP contribution in [-0.2, 0) is 19.5 Å². The molecule has 28 heavy (non-hydrogen) atoms. The largest absolute Gasteiger partial charge is 0.335 e. The van der Waals surface area contributed by atoms with Gasteiger partial charge in [0.1, 0.15) is 5.65 Å². The minimum absolute atomic E-state index is 0.125. The lowest BCUT2D eigenvalue weighted by atomic mass is 10.2. The van der Waals surface area contributed by atoms with Crippen molar-refractivity contribution in [1.29, 1.82) is 0 Å². The molecule has 0 unspecified atom stereocenters. The molecule has 3 aromatic heterocycles. The topological polar surface area (TPSA) is 74.6 Å². The van der Waals surface area contributed by atoms with Crippen molar-refractivity contribution in [1.82, 2.24) is 24.6 Å². The van der Waals surface area contributed by atoms with E-state index in [0.717, 1.165) is 55.9 Å². The Balaban J connectivity index is 1.21. The van der Waals surface area contributed by atoms with Crippen LogP contribution < -0.4 is 10.6 Å². The van der Waals surface area contributed by atoms with E-state index >= 15 is 0 Å². The molecule has 0 spiro atoms. The molecule has 7 nitrogen and oxygen atoms in total. The summed E-state index contributed by atoms with van der Waals surface area (Å²) in [6.45, 7) is 2.63. The van der Waals surface area contributed by atoms with Gasteiger partial charge >= 0.3 is 6.03 Å². The zero-order chi connectivity index (χ0) is 18.9. The predicted octanol–water partition coefficient (Wildman–Crippen LogP) is 3.41. The van der Waals surface area contributed by atoms with Crippen LogP contribution in [0.5, 0.6) is 0 Å². The Morgan fingerprint density at radius 2 is 2.14 bits per heavy atom. The molecule has 3 aromatic rings. The maximum atomic E-state index is 12.2. The van der Waals surface area contributed by atoms with E-state index in [4.69, 9.17) is 4.98 Å². The van der Waals surface area contributed by atoms with Crippen molar-refractivity contribution in [3.05, 3.63) is 46.9 Å². The van der Waals surface area contributed by atoms with Gasteiger partial charge in [0, 0.05) is 49.4 Å². The van der Waals surface area contributed by atoms with Crippen LogP contribution in [0.1, 0.15) is 41.9 Å². The first-order chi connectivity index (χ1) is 13.7. The summed E-state index contributed by atoms with van der Waals surface area (Å²) in [6.07, 6.45) is 9.61. The Hall–Kier alpha value is -2.45. The standard InChI is InChI=1S/C20H24N6OS/c27-19(22-14-5-1-2-6-14)24-20-23-16-8-10-25(13-17(16)28-20)11-15-12-26-9-4-3-7-18(26)21-15/h3-4,7,9,12,14H,1-2,5-6,8,10-11,13H2,(H2,22,23,24,27). The van der Waals surface area contributed by atoms with E-state index < -0.39 is 0 Å². The Morgan fingerprint density at radius 3 is 3.00 bits per heavy atom. The molecule has 0 aromatic carbocycles. The second kappa shape index (κ2) is 7.52. The zero-order valence-electron chi connectivity index (χ0n) is 15.7. The number of rotatable bonds is 4. The minimum Gasteiger partial charge on any atom is -0.335 e. The fourth-order valence-electron chi connectivity index (χ4n) is 4.12. The summed E-state index contributed by atoms with van der Waals surface area (Å²) >= 11 is 1.59. The van der Waals surface area contributed by atoms with Gasteiger partial charge in [0.15, 0.2) is 5.13 Å². The number of anilines is 1. The highest BCUT2D eigenvalue weighted by Crippen LogP contribution is 2.29. The quantitative estimate of drug-likeness (QED) is 0.709. The van der Waals surface area contributed by atoms with Crippen molar-refractivity contribution in [2.75, 3.05) is 11.9 Å². The smallest absolute Gasteiger partial charge is 0.321 e. The molecule has 0 saturated heterocycles. The van der Waals surface area contributed by atoms with Gasteiger partial charge in [-0.3, -0.25) is 10.2 Å². The molecular formula is C20H24N6OS. The van der Waals surface area contributed by atoms with Gasteiger partial charge in [-0.25, -0.2) is 14.8 Å². The summed E-state index contributed by atoms with van der Waals surface area (Å²) < 4.78 is 2.06. The zero-order valence-corrected chi connectivity index (χ0v) is 16.5. The van der Waals surface area contributed by atoms with E-state index in [1.807, 2.05) is 24.4 Å². The number of imidazole rings is 1. The van der Waals surface area contributed by atoms with Crippen LogP contribution in [0.4, 0.5) is 9.93 Å². The van der Waals surface area contributed by atoms with Gasteiger partial charge in [0.25, 0.3) is 0 Å². The maximum Gasteiger partial charge on any atom is 0.321 e. The van der Waals surface area contributed by atoms with Gasteiger partial charge in [0.2, 0.25) is 0 Å². The van der Waals surface area contributed by atoms with Gasteiger partial charge in [0.05, 0.1) is 11.4 Å². The Morgan fingerprint density at radius 1 is 1.25 bits per heavy atom. The summed E-state index contributed by atoms with van der Waals surface area (Å²) in [5.74, 6) is 0. The van der Waals surface area contributed by atoms with Crippen LogP contribution in [0.25, 0.3) is 5.65 Å². The molecule has 1 fully saturated rings. The third-order valence-electron chi connectivity index (χ3n) is 5.52. The summed E-state index contributed by atoms with van der Waals surface area (Å²) in [5.41, 5.74) is 3.17. The third kappa shape index (κ3) is 3.74. The first-order valence-electron chi connectivity index (χ1n) is 9.94. The molecule has 0 atom stereocenters. The number of amides is 2. The first-order valence-corrected chi connectivity index (χ1v) is 10.8. The summed E-state index contributed by atoms with van der Waals surface area (Å²) in [4.78, 5) is 25.2. The van der Waals surface area contributed by atoms with E-state index in [2.05, 4.69) is 31.1 Å². The number of carbonyl (C=O) groups excluding carboxylic acids is 1. The summed E-state index contributed by atoms with van der Waals surface area (Å²) in [5, 5.41) is 6.69. The summed E-state index contributed by atoms with van der Waals surface area (Å²) in [6, 6.07) is 6.24. The van der Waals surface area contributed by atoms with Crippen LogP contribution in [0.3, 0.4) is 0 Å². The molecule has 2 N–H and O–H groups in total. The number of pyridine rings is 1. The molecule has 1 aliphatic carbocycles. The maximum absolute atomic E-state index is 12.2. The number of nitrogens with zero attached hydrogens (tertiary/aromatic N) is 4. The lowest BCUT2D eigenvalue weighted by Gasteiger charge is -2.24. The molecule has 1 saturated carbocycles. The Labute approximate surface area is 167 Å². The number of thiazole rings is 1. The number of hydrogen-bond acceptors (Lipinski definition) is 5. The monoisotopic (exact) mass is 396 g/mol. The second-order valence-corrected chi connectivity index (χ2v) is 8.71. The molecule has 2 aliphatic rings. The highest BCUT2D eigenvalue weighted by atomic mass is 32.1. The van der Waals surface area contributed by atoms with Gasteiger partial charge < -0.3 is 9.72 Å². The SMILES string of the molecule is O=C(Nc1nc2c(s1)CN(Cc1cn3ccccc3n1)CC2)NC1CCCC1. The minimum atomic E-state index is -0.125. The number of carbonyl (C=O) groups is 1. The summed E-state index contributed by atoms with van der Waals surface area (Å²) in [7, 11) is 0. The molecule has 2 amide bonds. The number of fused-ring (bicyclic) bond motifs is 2. The van der Waals surface area contributed by atoms with E-state index in [9.17, 15) is 4.79 Å². The Kier molecular flexibility index (Phi) is 4.74. The van der Waals surface area contributed by atoms with Crippen LogP contribution in [-0.4, -0.2) is 37.9 Å². The van der Waals surface area contributed by atoms with Crippen molar-refractivity contribution >= 4 is 28.1 Å². The molecule has 1 aliphatic heterocycles. The Bertz CT molecular complexity index is 957. The average molecular weight is 397 g/mol. The van der Waals surface area contributed by atoms with Crippen molar-refractivity contribution in [2.24, 2.45) is 0 Å². The highest BCUT2D eigenvalue weighted by Gasteiger charge is 2.23. The van der Waals surface area contributed by atoms with Crippen LogP contribution in [0.2, 0.25) is 0 Å². The molecule has 146 valence electrons. The van der Waals surface area contributed by atoms with E-state index in [0.29, 0.717) is 11.2 Å². The third-order valence-corrected chi connectivity index (χ3v) is 6.52. The van der Waals surface area contributed by atoms with Gasteiger partial charge in [-0.15, -0.1) is 11.3 Å². The molecular weight excluding hydrogens is 372 g/mol. The van der Waals surface area contributed by atoms with Gasteiger partial charge in [-0.1, -0.05) is 18.9 Å². The van der Waals surface area contributed by atoms with E-state index in [1.165, 1.54) is 17.7 Å². The van der Waals surface area contributed by atoms with Crippen LogP contribution >= 0.6 is 11.3 Å². The van der Waals surface area contributed by atoms with E-state index in [-0.39, 0.29) is 6.03 Å².